The molecule has 0 aromatic carbocycles. The van der Waals surface area contributed by atoms with Crippen LogP contribution in [0.25, 0.3) is 0 Å². The number of hydrogen-bond acceptors (Lipinski definition) is 4. The summed E-state index contributed by atoms with van der Waals surface area (Å²) in [4.78, 5) is 8.56. The van der Waals surface area contributed by atoms with Gasteiger partial charge < -0.3 is 26.6 Å². The molecule has 62 valence electrons. The summed E-state index contributed by atoms with van der Waals surface area (Å²) in [6, 6.07) is 0. The van der Waals surface area contributed by atoms with Gasteiger partial charge in [0.2, 0.25) is 0 Å². The van der Waals surface area contributed by atoms with E-state index in [0.29, 0.717) is 0 Å². The second kappa shape index (κ2) is 23.1. The van der Waals surface area contributed by atoms with Crippen LogP contribution in [0.3, 0.4) is 0 Å². The highest BCUT2D eigenvalue weighted by molar-refractivity contribution is 5.75. The molecule has 0 aliphatic rings. The van der Waals surface area contributed by atoms with Gasteiger partial charge in [0.15, 0.2) is 0 Å². The minimum atomic E-state index is -1.83. The van der Waals surface area contributed by atoms with Crippen LogP contribution in [0, 0.1) is 0 Å². The Morgan fingerprint density at radius 1 is 1.10 bits per heavy atom. The molecule has 0 rings (SSSR count). The van der Waals surface area contributed by atoms with E-state index in [1.807, 2.05) is 0 Å². The van der Waals surface area contributed by atoms with Crippen LogP contribution in [0.1, 0.15) is 0 Å². The average Bonchev–Trinajstić information content (AvgIpc) is 1.65. The van der Waals surface area contributed by atoms with Crippen LogP contribution in [-0.4, -0.2) is 62.8 Å². The van der Waals surface area contributed by atoms with Crippen LogP contribution in [0.5, 0.6) is 0 Å². The first kappa shape index (κ1) is 22.5. The minimum Gasteiger partial charge on any atom is -0.450 e. The van der Waals surface area contributed by atoms with Crippen molar-refractivity contribution in [1.29, 1.82) is 0 Å². The van der Waals surface area contributed by atoms with E-state index in [2.05, 4.69) is 0 Å². The number of aliphatic hydroxyl groups excluding tert-OH is 2. The first-order chi connectivity index (χ1) is 3.65. The summed E-state index contributed by atoms with van der Waals surface area (Å²) in [7, 11) is 0. The van der Waals surface area contributed by atoms with E-state index in [1.165, 1.54) is 0 Å². The van der Waals surface area contributed by atoms with Crippen LogP contribution in [0.4, 0.5) is 4.79 Å². The summed E-state index contributed by atoms with van der Waals surface area (Å²) in [5.74, 6) is 0. The zero-order chi connectivity index (χ0) is 6.99. The maximum Gasteiger partial charge on any atom is 0.503 e. The number of carbonyl (C=O) groups is 1. The van der Waals surface area contributed by atoms with Crippen molar-refractivity contribution in [2.75, 3.05) is 13.2 Å². The predicted octanol–water partition coefficient (Wildman–Crippen LogP) is -1.56. The third-order valence-corrected chi connectivity index (χ3v) is 0.1000. The summed E-state index contributed by atoms with van der Waals surface area (Å²) >= 11 is 0. The molecule has 7 N–H and O–H groups in total. The van der Waals surface area contributed by atoms with Crippen LogP contribution < -0.4 is 6.15 Å². The number of aliphatic hydroxyl groups is 2. The Kier molecular flexibility index (Phi) is 52.1. The second-order valence-corrected chi connectivity index (χ2v) is 0.730. The van der Waals surface area contributed by atoms with E-state index in [-0.39, 0.29) is 42.4 Å². The van der Waals surface area contributed by atoms with Crippen molar-refractivity contribution < 1.29 is 25.2 Å². The molecule has 6 nitrogen and oxygen atoms in total. The summed E-state index contributed by atoms with van der Waals surface area (Å²) in [6.45, 7) is -0.250. The van der Waals surface area contributed by atoms with Gasteiger partial charge in [0.25, 0.3) is 0 Å². The molecule has 0 aromatic heterocycles. The fourth-order valence-corrected chi connectivity index (χ4v) is 0. The van der Waals surface area contributed by atoms with Crippen LogP contribution >= 0.6 is 0 Å². The van der Waals surface area contributed by atoms with Gasteiger partial charge in [-0.2, -0.15) is 0 Å². The van der Waals surface area contributed by atoms with Gasteiger partial charge in [-0.1, -0.05) is 0 Å². The van der Waals surface area contributed by atoms with Crippen molar-refractivity contribution in [3.63, 3.8) is 0 Å². The number of rotatable bonds is 1. The third-order valence-electron chi connectivity index (χ3n) is 0.1000. The molecule has 0 unspecified atom stereocenters. The van der Waals surface area contributed by atoms with Gasteiger partial charge in [0.1, 0.15) is 0 Å². The monoisotopic (exact) mass is 167 g/mol. The first-order valence-electron chi connectivity index (χ1n) is 1.78. The summed E-state index contributed by atoms with van der Waals surface area (Å²) in [5, 5.41) is 29.2. The zero-order valence-corrected chi connectivity index (χ0v) is 4.82. The lowest BCUT2D eigenvalue weighted by Gasteiger charge is -1.70. The van der Waals surface area contributed by atoms with E-state index < -0.39 is 6.16 Å². The van der Waals surface area contributed by atoms with E-state index in [0.717, 1.165) is 0 Å². The van der Waals surface area contributed by atoms with Gasteiger partial charge in [-0.25, -0.2) is 4.79 Å². The summed E-state index contributed by atoms with van der Waals surface area (Å²) < 4.78 is 0. The lowest BCUT2D eigenvalue weighted by Crippen LogP contribution is -1.85. The molecule has 0 spiro atoms. The molecule has 7 heteroatoms. The van der Waals surface area contributed by atoms with Gasteiger partial charge in [-0.15, -0.1) is 0 Å². The van der Waals surface area contributed by atoms with Gasteiger partial charge in [-0.3, -0.25) is 0 Å². The standard InChI is InChI=1S/C2H6O2.CH2O3.Mg.H3N.2H/c3-1-2-4;2-1(3)4;;;;/h3-4H,1-2H2;(H2,2,3,4);;1H3;;. The van der Waals surface area contributed by atoms with E-state index in [1.54, 1.807) is 0 Å². The Hall–Kier alpha value is -0.0838. The fraction of sp³-hybridized carbons (Fsp3) is 0.667. The molecule has 0 aliphatic heterocycles. The fourth-order valence-electron chi connectivity index (χ4n) is 0. The molecular weight excluding hydrogens is 154 g/mol. The Balaban J connectivity index is -0.0000000300. The van der Waals surface area contributed by atoms with Crippen molar-refractivity contribution in [3.8, 4) is 0 Å². The number of hydrogen-bond donors (Lipinski definition) is 5. The third kappa shape index (κ3) is 451. The van der Waals surface area contributed by atoms with Crippen molar-refractivity contribution in [3.05, 3.63) is 0 Å². The lowest BCUT2D eigenvalue weighted by atomic mass is 10.8. The lowest BCUT2D eigenvalue weighted by molar-refractivity contribution is 0.137. The predicted molar refractivity (Wildman–Crippen MR) is 38.4 cm³/mol. The number of carboxylic acid groups (broad SMARTS) is 2. The zero-order valence-electron chi connectivity index (χ0n) is 4.82. The quantitative estimate of drug-likeness (QED) is 0.300. The molecule has 0 bridgehead atoms. The molecule has 0 radical (unpaired) electrons. The van der Waals surface area contributed by atoms with Crippen molar-refractivity contribution in [1.82, 2.24) is 6.15 Å². The molecule has 0 amide bonds. The Morgan fingerprint density at radius 2 is 1.20 bits per heavy atom. The summed E-state index contributed by atoms with van der Waals surface area (Å²) in [6.07, 6.45) is -1.83. The topological polar surface area (TPSA) is 133 Å². The normalized spacial score (nSPS) is 5.40. The van der Waals surface area contributed by atoms with Gasteiger partial charge in [-0.05, 0) is 0 Å². The molecule has 0 aromatic rings. The Labute approximate surface area is 74.2 Å². The van der Waals surface area contributed by atoms with Crippen molar-refractivity contribution in [2.45, 2.75) is 0 Å². The molecule has 10 heavy (non-hydrogen) atoms. The van der Waals surface area contributed by atoms with Crippen LogP contribution in [0.2, 0.25) is 0 Å². The molecule has 0 fully saturated rings. The van der Waals surface area contributed by atoms with Gasteiger partial charge >= 0.3 is 29.2 Å². The SMILES string of the molecule is N.O=C(O)O.OCCO.[MgH2]. The van der Waals surface area contributed by atoms with E-state index in [4.69, 9.17) is 25.2 Å². The first-order valence-corrected chi connectivity index (χ1v) is 1.78. The van der Waals surface area contributed by atoms with Crippen molar-refractivity contribution >= 4 is 29.2 Å². The maximum atomic E-state index is 8.56. The van der Waals surface area contributed by atoms with Gasteiger partial charge in [0, 0.05) is 0 Å². The highest BCUT2D eigenvalue weighted by Crippen LogP contribution is 1.42. The summed E-state index contributed by atoms with van der Waals surface area (Å²) in [5.41, 5.74) is 0. The van der Waals surface area contributed by atoms with E-state index >= 15 is 0 Å². The van der Waals surface area contributed by atoms with Gasteiger partial charge in [0.05, 0.1) is 13.2 Å². The maximum absolute atomic E-state index is 8.56. The molecule has 0 atom stereocenters. The molecule has 0 saturated heterocycles. The smallest absolute Gasteiger partial charge is 0.450 e. The van der Waals surface area contributed by atoms with Crippen LogP contribution in [-0.2, 0) is 0 Å². The van der Waals surface area contributed by atoms with E-state index in [9.17, 15) is 0 Å². The Morgan fingerprint density at radius 3 is 1.20 bits per heavy atom. The average molecular weight is 167 g/mol. The highest BCUT2D eigenvalue weighted by Gasteiger charge is 1.70. The second-order valence-electron chi connectivity index (χ2n) is 0.730. The Bertz CT molecular complexity index is 54.9. The molecule has 0 aliphatic carbocycles. The van der Waals surface area contributed by atoms with Crippen molar-refractivity contribution in [2.24, 2.45) is 0 Å². The minimum absolute atomic E-state index is 0. The molecule has 0 heterocycles. The molecular formula is C3H13MgNO5. The van der Waals surface area contributed by atoms with Crippen LogP contribution in [0.15, 0.2) is 0 Å². The highest BCUT2D eigenvalue weighted by atomic mass is 24.3. The molecule has 0 saturated carbocycles. The largest absolute Gasteiger partial charge is 0.503 e.